The summed E-state index contributed by atoms with van der Waals surface area (Å²) in [5, 5.41) is 12.7. The Kier molecular flexibility index (Phi) is 5.79. The third-order valence-corrected chi connectivity index (χ3v) is 2.95. The van der Waals surface area contributed by atoms with Gasteiger partial charge in [-0.25, -0.2) is 14.8 Å². The third kappa shape index (κ3) is 4.11. The summed E-state index contributed by atoms with van der Waals surface area (Å²) in [5.74, 6) is -0.299. The van der Waals surface area contributed by atoms with Crippen molar-refractivity contribution < 1.29 is 22.3 Å². The van der Waals surface area contributed by atoms with Crippen LogP contribution in [0.4, 0.5) is 11.5 Å². The fourth-order valence-corrected chi connectivity index (χ4v) is 2.00. The van der Waals surface area contributed by atoms with Gasteiger partial charge in [0, 0.05) is 17.4 Å². The van der Waals surface area contributed by atoms with E-state index in [2.05, 4.69) is 15.3 Å². The predicted octanol–water partition coefficient (Wildman–Crippen LogP) is -0.0473. The van der Waals surface area contributed by atoms with Gasteiger partial charge in [0.1, 0.15) is 5.82 Å². The van der Waals surface area contributed by atoms with Crippen LogP contribution in [0, 0.1) is 6.92 Å². The highest BCUT2D eigenvalue weighted by Crippen LogP contribution is 2.19. The minimum Gasteiger partial charge on any atom is -1.00 e. The third-order valence-electron chi connectivity index (χ3n) is 2.40. The van der Waals surface area contributed by atoms with Crippen molar-refractivity contribution in [2.24, 2.45) is 0 Å². The van der Waals surface area contributed by atoms with Gasteiger partial charge in [0.2, 0.25) is 0 Å². The molecule has 1 heterocycles. The van der Waals surface area contributed by atoms with Crippen LogP contribution < -0.4 is 17.7 Å². The first-order valence-electron chi connectivity index (χ1n) is 5.58. The highest BCUT2D eigenvalue weighted by molar-refractivity contribution is 7.98. The lowest BCUT2D eigenvalue weighted by atomic mass is 10.2. The zero-order valence-electron chi connectivity index (χ0n) is 10.9. The smallest absolute Gasteiger partial charge is 0.335 e. The zero-order valence-corrected chi connectivity index (χ0v) is 12.5. The van der Waals surface area contributed by atoms with E-state index in [0.717, 1.165) is 5.69 Å². The number of aryl methyl sites for hydroxylation is 1. The maximum absolute atomic E-state index is 10.9. The summed E-state index contributed by atoms with van der Waals surface area (Å²) in [6, 6.07) is 8.41. The maximum Gasteiger partial charge on any atom is 0.335 e. The largest absolute Gasteiger partial charge is 1.00 e. The molecule has 0 unspecified atom stereocenters. The molecule has 0 saturated heterocycles. The lowest BCUT2D eigenvalue weighted by Gasteiger charge is -2.08. The van der Waals surface area contributed by atoms with E-state index in [1.54, 1.807) is 24.3 Å². The second kappa shape index (κ2) is 7.12. The molecule has 0 bridgehead atoms. The van der Waals surface area contributed by atoms with Crippen molar-refractivity contribution in [2.45, 2.75) is 12.1 Å². The molecule has 0 aliphatic carbocycles. The number of hydrogen-bond acceptors (Lipinski definition) is 5. The Morgan fingerprint density at radius 2 is 2.05 bits per heavy atom. The van der Waals surface area contributed by atoms with Crippen LogP contribution >= 0.6 is 11.8 Å². The van der Waals surface area contributed by atoms with E-state index in [9.17, 15) is 4.79 Å². The van der Waals surface area contributed by atoms with Crippen molar-refractivity contribution in [3.05, 3.63) is 41.6 Å². The van der Waals surface area contributed by atoms with Crippen molar-refractivity contribution in [1.82, 2.24) is 9.97 Å². The average Bonchev–Trinajstić information content (AvgIpc) is 2.38. The van der Waals surface area contributed by atoms with Gasteiger partial charge in [-0.15, -0.1) is 0 Å². The Bertz CT molecular complexity index is 622. The molecule has 0 aliphatic rings. The van der Waals surface area contributed by atoms with Gasteiger partial charge in [-0.3, -0.25) is 0 Å². The lowest BCUT2D eigenvalue weighted by molar-refractivity contribution is -0.0000196. The number of carboxylic acids is 1. The molecule has 5 nitrogen and oxygen atoms in total. The Labute approximate surface area is 127 Å². The average molecular weight is 311 g/mol. The number of aromatic nitrogens is 2. The van der Waals surface area contributed by atoms with E-state index in [1.807, 2.05) is 19.2 Å². The van der Waals surface area contributed by atoms with E-state index < -0.39 is 5.97 Å². The summed E-state index contributed by atoms with van der Waals surface area (Å²) < 4.78 is 0. The monoisotopic (exact) mass is 310 g/mol. The summed E-state index contributed by atoms with van der Waals surface area (Å²) >= 11 is 1.46. The van der Waals surface area contributed by atoms with Crippen LogP contribution in [0.2, 0.25) is 0 Å². The number of rotatable bonds is 4. The molecule has 2 rings (SSSR count). The fourth-order valence-electron chi connectivity index (χ4n) is 1.57. The Balaban J connectivity index is 0.00000200. The molecule has 20 heavy (non-hydrogen) atoms. The Hall–Kier alpha value is -1.79. The van der Waals surface area contributed by atoms with Crippen LogP contribution in [0.1, 0.15) is 16.1 Å². The van der Waals surface area contributed by atoms with Crippen LogP contribution in [-0.4, -0.2) is 27.3 Å². The molecule has 0 atom stereocenters. The standard InChI is InChI=1S/C13H13N3O2S.ClH/c1-8-6-11(16-13(14-8)19-2)15-10-5-3-4-9(7-10)12(17)18;/h3-7H,1-2H3,(H,17,18)(H,14,15,16);1H/p-1. The highest BCUT2D eigenvalue weighted by Gasteiger charge is 2.05. The molecule has 1 aromatic carbocycles. The Morgan fingerprint density at radius 3 is 2.70 bits per heavy atom. The zero-order chi connectivity index (χ0) is 13.8. The number of aromatic carboxylic acids is 1. The minimum atomic E-state index is -0.952. The van der Waals surface area contributed by atoms with Crippen molar-refractivity contribution in [2.75, 3.05) is 11.6 Å². The van der Waals surface area contributed by atoms with Crippen molar-refractivity contribution >= 4 is 29.2 Å². The van der Waals surface area contributed by atoms with Gasteiger partial charge in [0.05, 0.1) is 5.56 Å². The van der Waals surface area contributed by atoms with E-state index in [-0.39, 0.29) is 18.0 Å². The van der Waals surface area contributed by atoms with Crippen LogP contribution in [0.15, 0.2) is 35.5 Å². The molecule has 0 fully saturated rings. The van der Waals surface area contributed by atoms with Crippen LogP contribution in [0.5, 0.6) is 0 Å². The number of carboxylic acid groups (broad SMARTS) is 1. The number of halogens is 1. The molecule has 0 saturated carbocycles. The van der Waals surface area contributed by atoms with Gasteiger partial charge < -0.3 is 22.8 Å². The first-order chi connectivity index (χ1) is 9.08. The van der Waals surface area contributed by atoms with E-state index >= 15 is 0 Å². The molecule has 0 radical (unpaired) electrons. The van der Waals surface area contributed by atoms with Gasteiger partial charge in [0.25, 0.3) is 0 Å². The van der Waals surface area contributed by atoms with Gasteiger partial charge in [-0.05, 0) is 31.4 Å². The predicted molar refractivity (Wildman–Crippen MR) is 75.2 cm³/mol. The van der Waals surface area contributed by atoms with Crippen molar-refractivity contribution in [3.63, 3.8) is 0 Å². The number of anilines is 2. The highest BCUT2D eigenvalue weighted by atomic mass is 35.5. The Morgan fingerprint density at radius 1 is 1.30 bits per heavy atom. The van der Waals surface area contributed by atoms with Crippen molar-refractivity contribution in [1.29, 1.82) is 0 Å². The summed E-state index contributed by atoms with van der Waals surface area (Å²) in [7, 11) is 0. The van der Waals surface area contributed by atoms with E-state index in [4.69, 9.17) is 5.11 Å². The number of hydrogen-bond donors (Lipinski definition) is 2. The number of carbonyl (C=O) groups is 1. The van der Waals surface area contributed by atoms with E-state index in [1.165, 1.54) is 11.8 Å². The molecule has 0 aliphatic heterocycles. The number of nitrogens with zero attached hydrogens (tertiary/aromatic N) is 2. The molecule has 106 valence electrons. The summed E-state index contributed by atoms with van der Waals surface area (Å²) in [4.78, 5) is 19.5. The molecule has 0 amide bonds. The first-order valence-corrected chi connectivity index (χ1v) is 6.81. The van der Waals surface area contributed by atoms with E-state index in [0.29, 0.717) is 16.7 Å². The van der Waals surface area contributed by atoms with Gasteiger partial charge in [-0.2, -0.15) is 0 Å². The second-order valence-electron chi connectivity index (χ2n) is 3.89. The SMILES string of the molecule is CSc1nc(C)cc(Nc2cccc(C(=O)O)c2)n1.[Cl-]. The lowest BCUT2D eigenvalue weighted by Crippen LogP contribution is -3.00. The topological polar surface area (TPSA) is 75.1 Å². The molecule has 7 heteroatoms. The molecular weight excluding hydrogens is 298 g/mol. The first kappa shape index (κ1) is 16.3. The number of nitrogens with one attached hydrogen (secondary N) is 1. The summed E-state index contributed by atoms with van der Waals surface area (Å²) in [6.07, 6.45) is 1.91. The van der Waals surface area contributed by atoms with Crippen LogP contribution in [0.25, 0.3) is 0 Å². The molecule has 2 aromatic rings. The number of thioether (sulfide) groups is 1. The van der Waals surface area contributed by atoms with Gasteiger partial charge in [-0.1, -0.05) is 17.8 Å². The summed E-state index contributed by atoms with van der Waals surface area (Å²) in [5.41, 5.74) is 1.78. The van der Waals surface area contributed by atoms with Gasteiger partial charge >= 0.3 is 5.97 Å². The minimum absolute atomic E-state index is 0. The van der Waals surface area contributed by atoms with Crippen LogP contribution in [-0.2, 0) is 0 Å². The molecule has 2 N–H and O–H groups in total. The maximum atomic E-state index is 10.9. The van der Waals surface area contributed by atoms with Gasteiger partial charge in [0.15, 0.2) is 5.16 Å². The van der Waals surface area contributed by atoms with Crippen molar-refractivity contribution in [3.8, 4) is 0 Å². The quantitative estimate of drug-likeness (QED) is 0.609. The number of benzene rings is 1. The molecule has 1 aromatic heterocycles. The molecule has 0 spiro atoms. The fraction of sp³-hybridized carbons (Fsp3) is 0.154. The summed E-state index contributed by atoms with van der Waals surface area (Å²) in [6.45, 7) is 1.89. The van der Waals surface area contributed by atoms with Crippen LogP contribution in [0.3, 0.4) is 0 Å². The normalized spacial score (nSPS) is 9.70. The second-order valence-corrected chi connectivity index (χ2v) is 4.67. The molecular formula is C13H13ClN3O2S-.